The van der Waals surface area contributed by atoms with Crippen molar-refractivity contribution >= 4 is 49.9 Å². The zero-order valence-corrected chi connectivity index (χ0v) is 18.0. The van der Waals surface area contributed by atoms with E-state index in [-0.39, 0.29) is 5.69 Å². The Labute approximate surface area is 173 Å². The van der Waals surface area contributed by atoms with Crippen LogP contribution in [-0.4, -0.2) is 35.8 Å². The molecular weight excluding hydrogens is 416 g/mol. The highest BCUT2D eigenvalue weighted by atomic mass is 35.5. The van der Waals surface area contributed by atoms with E-state index in [1.54, 1.807) is 56.6 Å². The molecule has 0 aliphatic heterocycles. The highest BCUT2D eigenvalue weighted by Crippen LogP contribution is 2.24. The van der Waals surface area contributed by atoms with Crippen LogP contribution in [0.3, 0.4) is 0 Å². The molecule has 2 aromatic carbocycles. The lowest BCUT2D eigenvalue weighted by Crippen LogP contribution is -2.45. The summed E-state index contributed by atoms with van der Waals surface area (Å²) < 4.78 is 28.7. The van der Waals surface area contributed by atoms with E-state index in [0.717, 1.165) is 16.1 Å². The normalized spacial score (nSPS) is 12.7. The van der Waals surface area contributed by atoms with E-state index in [0.29, 0.717) is 21.9 Å². The molecule has 0 aliphatic rings. The Morgan fingerprint density at radius 2 is 1.66 bits per heavy atom. The first-order valence-electron chi connectivity index (χ1n) is 8.72. The van der Waals surface area contributed by atoms with Gasteiger partial charge in [-0.1, -0.05) is 11.6 Å². The molecule has 0 radical (unpaired) electrons. The first kappa shape index (κ1) is 20.9. The van der Waals surface area contributed by atoms with E-state index in [9.17, 15) is 18.0 Å². The summed E-state index contributed by atoms with van der Waals surface area (Å²) in [6.45, 7) is 1.50. The molecule has 1 heterocycles. The number of imidazole rings is 1. The van der Waals surface area contributed by atoms with Gasteiger partial charge in [-0.2, -0.15) is 0 Å². The van der Waals surface area contributed by atoms with Gasteiger partial charge in [0, 0.05) is 24.8 Å². The molecule has 1 atom stereocenters. The van der Waals surface area contributed by atoms with Crippen LogP contribution in [0.5, 0.6) is 0 Å². The summed E-state index contributed by atoms with van der Waals surface area (Å²) in [4.78, 5) is 24.9. The number of anilines is 2. The number of benzene rings is 2. The Balaban J connectivity index is 1.92. The van der Waals surface area contributed by atoms with Crippen molar-refractivity contribution < 1.29 is 13.2 Å². The molecule has 0 spiro atoms. The summed E-state index contributed by atoms with van der Waals surface area (Å²) in [6.07, 6.45) is 1.04. The Morgan fingerprint density at radius 3 is 2.24 bits per heavy atom. The maximum Gasteiger partial charge on any atom is 0.328 e. The highest BCUT2D eigenvalue weighted by Gasteiger charge is 2.29. The van der Waals surface area contributed by atoms with E-state index in [2.05, 4.69) is 5.32 Å². The lowest BCUT2D eigenvalue weighted by molar-refractivity contribution is -0.116. The molecule has 1 N–H and O–H groups in total. The molecule has 3 aromatic rings. The SMILES string of the molecule is C[C@@H](C(=O)Nc1ccc2c(c1)n(C)c(=O)n2C)N(c1ccc(Cl)cc1)S(C)(=O)=O. The van der Waals surface area contributed by atoms with E-state index < -0.39 is 22.0 Å². The third-order valence-electron chi connectivity index (χ3n) is 4.71. The molecule has 29 heavy (non-hydrogen) atoms. The molecule has 0 aliphatic carbocycles. The van der Waals surface area contributed by atoms with E-state index in [4.69, 9.17) is 11.6 Å². The number of halogens is 1. The highest BCUT2D eigenvalue weighted by molar-refractivity contribution is 7.92. The van der Waals surface area contributed by atoms with Crippen molar-refractivity contribution in [3.8, 4) is 0 Å². The number of amides is 1. The predicted octanol–water partition coefficient (Wildman–Crippen LogP) is 2.32. The number of hydrogen-bond acceptors (Lipinski definition) is 4. The van der Waals surface area contributed by atoms with Crippen molar-refractivity contribution in [2.75, 3.05) is 15.9 Å². The molecule has 8 nitrogen and oxygen atoms in total. The van der Waals surface area contributed by atoms with Crippen molar-refractivity contribution in [1.29, 1.82) is 0 Å². The molecule has 1 amide bonds. The van der Waals surface area contributed by atoms with Crippen LogP contribution in [0.15, 0.2) is 47.3 Å². The van der Waals surface area contributed by atoms with Crippen LogP contribution >= 0.6 is 11.6 Å². The third-order valence-corrected chi connectivity index (χ3v) is 6.20. The Hall–Kier alpha value is -2.78. The first-order chi connectivity index (χ1) is 13.5. The topological polar surface area (TPSA) is 93.4 Å². The largest absolute Gasteiger partial charge is 0.328 e. The second kappa shape index (κ2) is 7.57. The molecular formula is C19H21ClN4O4S. The molecule has 0 saturated carbocycles. The van der Waals surface area contributed by atoms with Gasteiger partial charge < -0.3 is 5.32 Å². The molecule has 0 bridgehead atoms. The molecule has 0 fully saturated rings. The number of fused-ring (bicyclic) bond motifs is 1. The van der Waals surface area contributed by atoms with Crippen LogP contribution in [0, 0.1) is 0 Å². The lowest BCUT2D eigenvalue weighted by Gasteiger charge is -2.28. The number of carbonyl (C=O) groups excluding carboxylic acids is 1. The smallest absolute Gasteiger partial charge is 0.324 e. The molecule has 10 heteroatoms. The number of rotatable bonds is 5. The Kier molecular flexibility index (Phi) is 5.46. The van der Waals surface area contributed by atoms with Crippen LogP contribution in [-0.2, 0) is 28.9 Å². The van der Waals surface area contributed by atoms with Gasteiger partial charge in [-0.25, -0.2) is 13.2 Å². The predicted molar refractivity (Wildman–Crippen MR) is 115 cm³/mol. The van der Waals surface area contributed by atoms with Gasteiger partial charge in [-0.3, -0.25) is 18.2 Å². The fourth-order valence-electron chi connectivity index (χ4n) is 3.23. The summed E-state index contributed by atoms with van der Waals surface area (Å²) in [7, 11) is -0.419. The lowest BCUT2D eigenvalue weighted by atomic mass is 10.2. The van der Waals surface area contributed by atoms with E-state index in [1.807, 2.05) is 0 Å². The minimum absolute atomic E-state index is 0.178. The van der Waals surface area contributed by atoms with Gasteiger partial charge in [0.05, 0.1) is 23.0 Å². The first-order valence-corrected chi connectivity index (χ1v) is 10.9. The Bertz CT molecular complexity index is 1250. The number of aryl methyl sites for hydroxylation is 2. The van der Waals surface area contributed by atoms with Crippen molar-refractivity contribution in [1.82, 2.24) is 9.13 Å². The maximum absolute atomic E-state index is 12.8. The quantitative estimate of drug-likeness (QED) is 0.664. The minimum atomic E-state index is -3.73. The number of nitrogens with one attached hydrogen (secondary N) is 1. The van der Waals surface area contributed by atoms with Gasteiger partial charge in [0.1, 0.15) is 6.04 Å². The molecule has 154 valence electrons. The fraction of sp³-hybridized carbons (Fsp3) is 0.263. The van der Waals surface area contributed by atoms with Crippen molar-refractivity contribution in [3.05, 3.63) is 58.0 Å². The average molecular weight is 437 g/mol. The molecule has 0 unspecified atom stereocenters. The van der Waals surface area contributed by atoms with Gasteiger partial charge >= 0.3 is 5.69 Å². The summed E-state index contributed by atoms with van der Waals surface area (Å²) in [5, 5.41) is 3.19. The summed E-state index contributed by atoms with van der Waals surface area (Å²) >= 11 is 5.88. The van der Waals surface area contributed by atoms with Crippen LogP contribution < -0.4 is 15.3 Å². The monoisotopic (exact) mass is 436 g/mol. The van der Waals surface area contributed by atoms with E-state index >= 15 is 0 Å². The minimum Gasteiger partial charge on any atom is -0.324 e. The summed E-state index contributed by atoms with van der Waals surface area (Å²) in [5.74, 6) is -0.509. The number of hydrogen-bond donors (Lipinski definition) is 1. The van der Waals surface area contributed by atoms with Gasteiger partial charge in [0.15, 0.2) is 0 Å². The standard InChI is InChI=1S/C19H21ClN4O4S/c1-12(24(29(4,27)28)15-8-5-13(20)6-9-15)18(25)21-14-7-10-16-17(11-14)23(3)19(26)22(16)2/h5-12H,1-4H3,(H,21,25)/t12-/m0/s1. The Morgan fingerprint density at radius 1 is 1.07 bits per heavy atom. The van der Waals surface area contributed by atoms with Crippen molar-refractivity contribution in [3.63, 3.8) is 0 Å². The number of aromatic nitrogens is 2. The van der Waals surface area contributed by atoms with Crippen molar-refractivity contribution in [2.45, 2.75) is 13.0 Å². The zero-order valence-electron chi connectivity index (χ0n) is 16.4. The van der Waals surface area contributed by atoms with Crippen molar-refractivity contribution in [2.24, 2.45) is 14.1 Å². The van der Waals surface area contributed by atoms with Crippen LogP contribution in [0.25, 0.3) is 11.0 Å². The maximum atomic E-state index is 12.8. The van der Waals surface area contributed by atoms with E-state index in [1.165, 1.54) is 16.1 Å². The second-order valence-corrected chi connectivity index (χ2v) is 9.10. The molecule has 1 aromatic heterocycles. The molecule has 3 rings (SSSR count). The second-order valence-electron chi connectivity index (χ2n) is 6.80. The summed E-state index contributed by atoms with van der Waals surface area (Å²) in [5.41, 5.74) is 1.99. The number of carbonyl (C=O) groups is 1. The fourth-order valence-corrected chi connectivity index (χ4v) is 4.53. The number of sulfonamides is 1. The van der Waals surface area contributed by atoms with Gasteiger partial charge in [0.2, 0.25) is 15.9 Å². The zero-order chi connectivity index (χ0) is 21.5. The molecule has 0 saturated heterocycles. The summed E-state index contributed by atoms with van der Waals surface area (Å²) in [6, 6.07) is 10.3. The van der Waals surface area contributed by atoms with Crippen LogP contribution in [0.1, 0.15) is 6.92 Å². The number of nitrogens with zero attached hydrogens (tertiary/aromatic N) is 3. The van der Waals surface area contributed by atoms with Crippen LogP contribution in [0.4, 0.5) is 11.4 Å². The third kappa shape index (κ3) is 4.01. The van der Waals surface area contributed by atoms with Gasteiger partial charge in [-0.05, 0) is 49.4 Å². The average Bonchev–Trinajstić information content (AvgIpc) is 2.86. The van der Waals surface area contributed by atoms with Gasteiger partial charge in [0.25, 0.3) is 0 Å². The van der Waals surface area contributed by atoms with Gasteiger partial charge in [-0.15, -0.1) is 0 Å². The van der Waals surface area contributed by atoms with Crippen LogP contribution in [0.2, 0.25) is 5.02 Å².